The number of allylic oxidation sites excluding steroid dienone is 2. The smallest absolute Gasteiger partial charge is 0.0509 e. The standard InChI is InChI=1S/C6H11NSi/c1-6(8-3)4-5-7-2/h4-5H,1-2,8H2,3H3. The van der Waals surface area contributed by atoms with Gasteiger partial charge in [0, 0.05) is 6.20 Å². The highest BCUT2D eigenvalue weighted by molar-refractivity contribution is 6.44. The second kappa shape index (κ2) is 4.52. The van der Waals surface area contributed by atoms with Crippen molar-refractivity contribution < 1.29 is 0 Å². The highest BCUT2D eigenvalue weighted by atomic mass is 28.2. The van der Waals surface area contributed by atoms with E-state index in [1.807, 2.05) is 6.08 Å². The Kier molecular flexibility index (Phi) is 4.17. The van der Waals surface area contributed by atoms with Gasteiger partial charge < -0.3 is 0 Å². The Hall–Kier alpha value is -0.633. The van der Waals surface area contributed by atoms with E-state index < -0.39 is 0 Å². The van der Waals surface area contributed by atoms with Gasteiger partial charge in [-0.25, -0.2) is 0 Å². The molecule has 0 aromatic heterocycles. The van der Waals surface area contributed by atoms with Crippen molar-refractivity contribution in [3.8, 4) is 0 Å². The summed E-state index contributed by atoms with van der Waals surface area (Å²) in [6.45, 7) is 9.29. The van der Waals surface area contributed by atoms with Crippen LogP contribution in [0, 0.1) is 0 Å². The van der Waals surface area contributed by atoms with Crippen molar-refractivity contribution in [1.29, 1.82) is 0 Å². The second-order valence-electron chi connectivity index (χ2n) is 1.51. The summed E-state index contributed by atoms with van der Waals surface area (Å²) in [5, 5.41) is 1.22. The minimum absolute atomic E-state index is 0.0510. The van der Waals surface area contributed by atoms with Crippen molar-refractivity contribution in [2.24, 2.45) is 4.99 Å². The molecule has 0 saturated heterocycles. The molecule has 0 spiro atoms. The summed E-state index contributed by atoms with van der Waals surface area (Å²) in [5.41, 5.74) is 0. The van der Waals surface area contributed by atoms with Crippen LogP contribution in [0.4, 0.5) is 0 Å². The van der Waals surface area contributed by atoms with E-state index in [9.17, 15) is 0 Å². The van der Waals surface area contributed by atoms with E-state index in [1.165, 1.54) is 5.20 Å². The van der Waals surface area contributed by atoms with Crippen LogP contribution in [0.3, 0.4) is 0 Å². The van der Waals surface area contributed by atoms with Gasteiger partial charge in [0.25, 0.3) is 0 Å². The molecule has 0 amide bonds. The molecule has 0 unspecified atom stereocenters. The maximum atomic E-state index is 3.80. The largest absolute Gasteiger partial charge is 0.273 e. The van der Waals surface area contributed by atoms with Gasteiger partial charge in [-0.1, -0.05) is 11.7 Å². The summed E-state index contributed by atoms with van der Waals surface area (Å²) in [5.74, 6) is 0. The highest BCUT2D eigenvalue weighted by Gasteiger charge is 1.77. The zero-order valence-electron chi connectivity index (χ0n) is 5.22. The quantitative estimate of drug-likeness (QED) is 0.302. The summed E-state index contributed by atoms with van der Waals surface area (Å²) in [6, 6.07) is 0. The molecule has 0 bridgehead atoms. The van der Waals surface area contributed by atoms with Crippen molar-refractivity contribution in [2.75, 3.05) is 0 Å². The lowest BCUT2D eigenvalue weighted by Crippen LogP contribution is -1.80. The average molecular weight is 125 g/mol. The topological polar surface area (TPSA) is 12.4 Å². The van der Waals surface area contributed by atoms with Gasteiger partial charge >= 0.3 is 0 Å². The van der Waals surface area contributed by atoms with E-state index in [0.717, 1.165) is 0 Å². The molecular formula is C6H11NSi. The lowest BCUT2D eigenvalue weighted by atomic mass is 10.6. The molecule has 0 atom stereocenters. The van der Waals surface area contributed by atoms with Crippen LogP contribution in [0.5, 0.6) is 0 Å². The normalized spacial score (nSPS) is 11.1. The third kappa shape index (κ3) is 3.55. The molecule has 8 heavy (non-hydrogen) atoms. The molecule has 0 N–H and O–H groups in total. The molecule has 0 aliphatic heterocycles. The maximum absolute atomic E-state index is 3.80. The van der Waals surface area contributed by atoms with Crippen LogP contribution in [0.2, 0.25) is 6.55 Å². The van der Waals surface area contributed by atoms with E-state index in [0.29, 0.717) is 0 Å². The second-order valence-corrected chi connectivity index (χ2v) is 3.13. The van der Waals surface area contributed by atoms with Gasteiger partial charge in [-0.2, -0.15) is 0 Å². The Morgan fingerprint density at radius 2 is 2.38 bits per heavy atom. The molecule has 0 heterocycles. The van der Waals surface area contributed by atoms with E-state index in [4.69, 9.17) is 0 Å². The highest BCUT2D eigenvalue weighted by Crippen LogP contribution is 1.87. The summed E-state index contributed by atoms with van der Waals surface area (Å²) in [7, 11) is -0.0510. The zero-order valence-corrected chi connectivity index (χ0v) is 6.64. The van der Waals surface area contributed by atoms with Crippen molar-refractivity contribution >= 4 is 16.2 Å². The molecule has 44 valence electrons. The van der Waals surface area contributed by atoms with Crippen LogP contribution in [0.15, 0.2) is 29.0 Å². The Balaban J connectivity index is 3.52. The fraction of sp³-hybridized carbons (Fsp3) is 0.167. The molecule has 0 rings (SSSR count). The monoisotopic (exact) mass is 125 g/mol. The minimum atomic E-state index is -0.0510. The van der Waals surface area contributed by atoms with E-state index >= 15 is 0 Å². The Labute approximate surface area is 52.7 Å². The first kappa shape index (κ1) is 7.37. The first-order valence-electron chi connectivity index (χ1n) is 2.61. The molecule has 2 heteroatoms. The number of hydrogen-bond acceptors (Lipinski definition) is 1. The molecule has 0 radical (unpaired) electrons. The van der Waals surface area contributed by atoms with Crippen LogP contribution >= 0.6 is 0 Å². The molecule has 1 nitrogen and oxygen atoms in total. The van der Waals surface area contributed by atoms with Crippen molar-refractivity contribution in [1.82, 2.24) is 0 Å². The molecule has 0 aliphatic carbocycles. The lowest BCUT2D eigenvalue weighted by molar-refractivity contribution is 1.60. The summed E-state index contributed by atoms with van der Waals surface area (Å²) in [4.78, 5) is 3.55. The Morgan fingerprint density at radius 1 is 1.75 bits per heavy atom. The van der Waals surface area contributed by atoms with Crippen molar-refractivity contribution in [3.63, 3.8) is 0 Å². The Bertz CT molecular complexity index is 116. The zero-order chi connectivity index (χ0) is 6.41. The van der Waals surface area contributed by atoms with E-state index in [2.05, 4.69) is 24.8 Å². The maximum Gasteiger partial charge on any atom is 0.0509 e. The lowest BCUT2D eigenvalue weighted by Gasteiger charge is -1.85. The number of rotatable bonds is 3. The van der Waals surface area contributed by atoms with Crippen molar-refractivity contribution in [2.45, 2.75) is 6.55 Å². The molecule has 0 fully saturated rings. The molecular weight excluding hydrogens is 114 g/mol. The molecule has 0 aliphatic rings. The van der Waals surface area contributed by atoms with Gasteiger partial charge in [-0.15, -0.1) is 6.58 Å². The van der Waals surface area contributed by atoms with Crippen LogP contribution in [0.1, 0.15) is 0 Å². The van der Waals surface area contributed by atoms with Gasteiger partial charge in [-0.3, -0.25) is 4.99 Å². The first-order chi connectivity index (χ1) is 3.81. The Morgan fingerprint density at radius 3 is 2.75 bits per heavy atom. The minimum Gasteiger partial charge on any atom is -0.273 e. The summed E-state index contributed by atoms with van der Waals surface area (Å²) < 4.78 is 0. The van der Waals surface area contributed by atoms with Crippen LogP contribution in [-0.2, 0) is 0 Å². The molecule has 0 aromatic rings. The predicted molar refractivity (Wildman–Crippen MR) is 42.2 cm³/mol. The molecule has 0 aromatic carbocycles. The number of nitrogens with zero attached hydrogens (tertiary/aromatic N) is 1. The first-order valence-corrected chi connectivity index (χ1v) is 4.73. The van der Waals surface area contributed by atoms with Gasteiger partial charge in [0.1, 0.15) is 0 Å². The van der Waals surface area contributed by atoms with Crippen molar-refractivity contribution in [3.05, 3.63) is 24.1 Å². The SMILES string of the molecule is C=NC=CC(=C)[SiH2]C. The average Bonchev–Trinajstić information content (AvgIpc) is 1.83. The number of hydrogen-bond donors (Lipinski definition) is 0. The van der Waals surface area contributed by atoms with Gasteiger partial charge in [0.2, 0.25) is 0 Å². The van der Waals surface area contributed by atoms with Gasteiger partial charge in [0.15, 0.2) is 0 Å². The fourth-order valence-corrected chi connectivity index (χ4v) is 0.617. The van der Waals surface area contributed by atoms with E-state index in [-0.39, 0.29) is 9.52 Å². The fourth-order valence-electron chi connectivity index (χ4n) is 0.276. The van der Waals surface area contributed by atoms with Crippen LogP contribution in [0.25, 0.3) is 0 Å². The van der Waals surface area contributed by atoms with Gasteiger partial charge in [-0.05, 0) is 12.8 Å². The van der Waals surface area contributed by atoms with E-state index in [1.54, 1.807) is 6.20 Å². The van der Waals surface area contributed by atoms with Gasteiger partial charge in [0.05, 0.1) is 9.52 Å². The molecule has 0 saturated carbocycles. The van der Waals surface area contributed by atoms with Crippen LogP contribution < -0.4 is 0 Å². The van der Waals surface area contributed by atoms with Crippen LogP contribution in [-0.4, -0.2) is 16.2 Å². The number of aliphatic imine (C=N–C) groups is 1. The third-order valence-electron chi connectivity index (χ3n) is 0.870. The predicted octanol–water partition coefficient (Wildman–Crippen LogP) is 0.931. The summed E-state index contributed by atoms with van der Waals surface area (Å²) >= 11 is 0. The summed E-state index contributed by atoms with van der Waals surface area (Å²) in [6.07, 6.45) is 3.60. The third-order valence-corrected chi connectivity index (χ3v) is 2.01.